The molecule has 13 heavy (non-hydrogen) atoms. The maximum atomic E-state index is 5.47. The Morgan fingerprint density at radius 2 is 2.46 bits per heavy atom. The van der Waals surface area contributed by atoms with Crippen molar-refractivity contribution in [2.45, 2.75) is 19.8 Å². The van der Waals surface area contributed by atoms with Crippen LogP contribution in [0.3, 0.4) is 0 Å². The van der Waals surface area contributed by atoms with E-state index in [0.717, 1.165) is 12.5 Å². The van der Waals surface area contributed by atoms with Crippen molar-refractivity contribution in [3.63, 3.8) is 0 Å². The fraction of sp³-hybridized carbons (Fsp3) is 0.818. The van der Waals surface area contributed by atoms with E-state index in [1.54, 1.807) is 0 Å². The van der Waals surface area contributed by atoms with Gasteiger partial charge in [0, 0.05) is 6.54 Å². The van der Waals surface area contributed by atoms with Crippen molar-refractivity contribution in [3.05, 3.63) is 12.7 Å². The van der Waals surface area contributed by atoms with Crippen LogP contribution in [0.25, 0.3) is 0 Å². The zero-order chi connectivity index (χ0) is 9.52. The number of likely N-dealkylation sites (tertiary alicyclic amines) is 1. The third-order valence-electron chi connectivity index (χ3n) is 2.64. The molecule has 1 heterocycles. The van der Waals surface area contributed by atoms with E-state index in [-0.39, 0.29) is 0 Å². The normalized spacial score (nSPS) is 24.5. The lowest BCUT2D eigenvalue weighted by molar-refractivity contribution is 0.0765. The van der Waals surface area contributed by atoms with Crippen LogP contribution in [0.4, 0.5) is 0 Å². The standard InChI is InChI=1S/C11H21NO/c1-3-8-13-10-11-6-5-7-12(4-2)9-11/h3,11H,1,4-10H2,2H3/t11-/m1/s1. The van der Waals surface area contributed by atoms with Crippen LogP contribution in [-0.2, 0) is 4.74 Å². The summed E-state index contributed by atoms with van der Waals surface area (Å²) < 4.78 is 5.47. The average molecular weight is 183 g/mol. The Bertz CT molecular complexity index is 147. The minimum atomic E-state index is 0.697. The molecule has 0 aromatic carbocycles. The molecule has 0 saturated carbocycles. The van der Waals surface area contributed by atoms with Gasteiger partial charge in [-0.15, -0.1) is 6.58 Å². The number of nitrogens with zero attached hydrogens (tertiary/aromatic N) is 1. The van der Waals surface area contributed by atoms with Gasteiger partial charge in [0.2, 0.25) is 0 Å². The first-order chi connectivity index (χ1) is 6.36. The highest BCUT2D eigenvalue weighted by Crippen LogP contribution is 2.16. The Morgan fingerprint density at radius 3 is 3.15 bits per heavy atom. The molecule has 1 aliphatic rings. The molecule has 0 N–H and O–H groups in total. The van der Waals surface area contributed by atoms with Gasteiger partial charge in [-0.2, -0.15) is 0 Å². The summed E-state index contributed by atoms with van der Waals surface area (Å²) in [5.41, 5.74) is 0. The van der Waals surface area contributed by atoms with Crippen molar-refractivity contribution >= 4 is 0 Å². The second kappa shape index (κ2) is 6.17. The third-order valence-corrected chi connectivity index (χ3v) is 2.64. The molecule has 1 atom stereocenters. The van der Waals surface area contributed by atoms with Crippen molar-refractivity contribution in [1.82, 2.24) is 4.90 Å². The molecule has 1 fully saturated rings. The van der Waals surface area contributed by atoms with Gasteiger partial charge in [0.05, 0.1) is 13.2 Å². The minimum Gasteiger partial charge on any atom is -0.377 e. The number of hydrogen-bond acceptors (Lipinski definition) is 2. The topological polar surface area (TPSA) is 12.5 Å². The van der Waals surface area contributed by atoms with E-state index in [2.05, 4.69) is 18.4 Å². The van der Waals surface area contributed by atoms with Crippen molar-refractivity contribution in [2.24, 2.45) is 5.92 Å². The van der Waals surface area contributed by atoms with Crippen LogP contribution in [0.5, 0.6) is 0 Å². The van der Waals surface area contributed by atoms with Crippen LogP contribution in [0.1, 0.15) is 19.8 Å². The lowest BCUT2D eigenvalue weighted by atomic mass is 9.99. The molecule has 2 heteroatoms. The minimum absolute atomic E-state index is 0.697. The maximum absolute atomic E-state index is 5.47. The highest BCUT2D eigenvalue weighted by molar-refractivity contribution is 4.72. The molecule has 0 spiro atoms. The van der Waals surface area contributed by atoms with E-state index in [0.29, 0.717) is 6.61 Å². The maximum Gasteiger partial charge on any atom is 0.0644 e. The highest BCUT2D eigenvalue weighted by Gasteiger charge is 2.18. The predicted molar refractivity (Wildman–Crippen MR) is 55.9 cm³/mol. The van der Waals surface area contributed by atoms with Crippen molar-refractivity contribution in [1.29, 1.82) is 0 Å². The quantitative estimate of drug-likeness (QED) is 0.477. The van der Waals surface area contributed by atoms with E-state index >= 15 is 0 Å². The summed E-state index contributed by atoms with van der Waals surface area (Å²) >= 11 is 0. The second-order valence-electron chi connectivity index (χ2n) is 3.73. The number of hydrogen-bond donors (Lipinski definition) is 0. The van der Waals surface area contributed by atoms with Gasteiger partial charge >= 0.3 is 0 Å². The summed E-state index contributed by atoms with van der Waals surface area (Å²) in [6.07, 6.45) is 4.48. The molecule has 0 unspecified atom stereocenters. The Balaban J connectivity index is 2.14. The van der Waals surface area contributed by atoms with Gasteiger partial charge in [0.15, 0.2) is 0 Å². The number of piperidine rings is 1. The van der Waals surface area contributed by atoms with Gasteiger partial charge in [-0.05, 0) is 31.8 Å². The van der Waals surface area contributed by atoms with E-state index in [1.807, 2.05) is 6.08 Å². The predicted octanol–water partition coefficient (Wildman–Crippen LogP) is 1.92. The Morgan fingerprint density at radius 1 is 1.62 bits per heavy atom. The number of rotatable bonds is 5. The number of ether oxygens (including phenoxy) is 1. The molecule has 1 saturated heterocycles. The molecule has 0 bridgehead atoms. The van der Waals surface area contributed by atoms with Crippen molar-refractivity contribution in [2.75, 3.05) is 32.8 Å². The van der Waals surface area contributed by atoms with Gasteiger partial charge in [-0.3, -0.25) is 0 Å². The molecule has 2 nitrogen and oxygen atoms in total. The summed E-state index contributed by atoms with van der Waals surface area (Å²) in [6.45, 7) is 11.1. The van der Waals surface area contributed by atoms with Gasteiger partial charge in [-0.1, -0.05) is 13.0 Å². The van der Waals surface area contributed by atoms with Crippen LogP contribution in [-0.4, -0.2) is 37.7 Å². The summed E-state index contributed by atoms with van der Waals surface area (Å²) in [7, 11) is 0. The Labute approximate surface area is 81.6 Å². The fourth-order valence-corrected chi connectivity index (χ4v) is 1.89. The van der Waals surface area contributed by atoms with Crippen LogP contribution in [0.2, 0.25) is 0 Å². The molecule has 0 aromatic rings. The van der Waals surface area contributed by atoms with Crippen LogP contribution in [0.15, 0.2) is 12.7 Å². The molecule has 0 radical (unpaired) electrons. The molecule has 0 aromatic heterocycles. The first-order valence-corrected chi connectivity index (χ1v) is 5.27. The highest BCUT2D eigenvalue weighted by atomic mass is 16.5. The Hall–Kier alpha value is -0.340. The smallest absolute Gasteiger partial charge is 0.0644 e. The van der Waals surface area contributed by atoms with Gasteiger partial charge < -0.3 is 9.64 Å². The zero-order valence-electron chi connectivity index (χ0n) is 8.67. The largest absolute Gasteiger partial charge is 0.377 e. The van der Waals surface area contributed by atoms with Gasteiger partial charge in [0.1, 0.15) is 0 Å². The third kappa shape index (κ3) is 3.92. The monoisotopic (exact) mass is 183 g/mol. The van der Waals surface area contributed by atoms with Crippen LogP contribution < -0.4 is 0 Å². The molecule has 76 valence electrons. The van der Waals surface area contributed by atoms with Gasteiger partial charge in [0.25, 0.3) is 0 Å². The summed E-state index contributed by atoms with van der Waals surface area (Å²) in [4.78, 5) is 2.51. The average Bonchev–Trinajstić information content (AvgIpc) is 2.19. The molecule has 1 aliphatic heterocycles. The van der Waals surface area contributed by atoms with Crippen LogP contribution >= 0.6 is 0 Å². The van der Waals surface area contributed by atoms with E-state index in [4.69, 9.17) is 4.74 Å². The lowest BCUT2D eigenvalue weighted by Gasteiger charge is -2.31. The van der Waals surface area contributed by atoms with E-state index in [9.17, 15) is 0 Å². The fourth-order valence-electron chi connectivity index (χ4n) is 1.89. The van der Waals surface area contributed by atoms with Crippen molar-refractivity contribution in [3.8, 4) is 0 Å². The SMILES string of the molecule is C=CCOC[C@@H]1CCCN(CC)C1. The molecule has 1 rings (SSSR count). The summed E-state index contributed by atoms with van der Waals surface area (Å²) in [5.74, 6) is 0.744. The Kier molecular flexibility index (Phi) is 5.09. The second-order valence-corrected chi connectivity index (χ2v) is 3.73. The van der Waals surface area contributed by atoms with Crippen molar-refractivity contribution < 1.29 is 4.74 Å². The summed E-state index contributed by atoms with van der Waals surface area (Å²) in [5, 5.41) is 0. The molecule has 0 aliphatic carbocycles. The van der Waals surface area contributed by atoms with Crippen LogP contribution in [0, 0.1) is 5.92 Å². The summed E-state index contributed by atoms with van der Waals surface area (Å²) in [6, 6.07) is 0. The van der Waals surface area contributed by atoms with E-state index < -0.39 is 0 Å². The van der Waals surface area contributed by atoms with E-state index in [1.165, 1.54) is 32.5 Å². The lowest BCUT2D eigenvalue weighted by Crippen LogP contribution is -2.36. The molecule has 0 amide bonds. The molecular weight excluding hydrogens is 162 g/mol. The first-order valence-electron chi connectivity index (χ1n) is 5.27. The molecular formula is C11H21NO. The zero-order valence-corrected chi connectivity index (χ0v) is 8.67. The van der Waals surface area contributed by atoms with Gasteiger partial charge in [-0.25, -0.2) is 0 Å². The first kappa shape index (κ1) is 10.7.